The summed E-state index contributed by atoms with van der Waals surface area (Å²) in [6, 6.07) is 19.0. The molecule has 3 aromatic carbocycles. The minimum absolute atomic E-state index is 0.0798. The largest absolute Gasteiger partial charge is 0.384 e. The van der Waals surface area contributed by atoms with Crippen molar-refractivity contribution in [2.24, 2.45) is 17.2 Å². The fourth-order valence-electron chi connectivity index (χ4n) is 3.43. The fourth-order valence-corrected chi connectivity index (χ4v) is 4.59. The second-order valence-electron chi connectivity index (χ2n) is 7.76. The average molecular weight is 480 g/mol. The van der Waals surface area contributed by atoms with Crippen LogP contribution in [0.3, 0.4) is 0 Å². The molecule has 1 atom stereocenters. The van der Waals surface area contributed by atoms with E-state index in [9.17, 15) is 18.0 Å². The molecule has 8 N–H and O–H groups in total. The highest BCUT2D eigenvalue weighted by Gasteiger charge is 2.21. The van der Waals surface area contributed by atoms with Gasteiger partial charge in [0.2, 0.25) is 15.9 Å². The summed E-state index contributed by atoms with van der Waals surface area (Å²) in [5.41, 5.74) is 20.1. The number of primary amides is 1. The van der Waals surface area contributed by atoms with Crippen molar-refractivity contribution in [2.75, 3.05) is 0 Å². The van der Waals surface area contributed by atoms with Gasteiger partial charge in [-0.1, -0.05) is 60.7 Å². The van der Waals surface area contributed by atoms with Gasteiger partial charge in [-0.15, -0.1) is 0 Å². The quantitative estimate of drug-likeness (QED) is 0.227. The van der Waals surface area contributed by atoms with E-state index in [4.69, 9.17) is 22.6 Å². The zero-order valence-corrected chi connectivity index (χ0v) is 19.0. The molecular formula is C24H25N5O4S. The molecule has 34 heavy (non-hydrogen) atoms. The number of hydrogen-bond acceptors (Lipinski definition) is 6. The minimum atomic E-state index is -4.00. The molecule has 3 rings (SSSR count). The fraction of sp³-hybridized carbons (Fsp3) is 0.125. The third-order valence-corrected chi connectivity index (χ3v) is 6.33. The van der Waals surface area contributed by atoms with Gasteiger partial charge in [0.1, 0.15) is 5.84 Å². The van der Waals surface area contributed by atoms with E-state index >= 15 is 0 Å². The maximum Gasteiger partial charge on any atom is 0.250 e. The number of nitrogens with one attached hydrogen (secondary N) is 2. The third kappa shape index (κ3) is 6.27. The first-order valence-electron chi connectivity index (χ1n) is 10.3. The molecule has 3 aromatic rings. The van der Waals surface area contributed by atoms with E-state index < -0.39 is 33.6 Å². The van der Waals surface area contributed by atoms with Crippen molar-refractivity contribution in [3.63, 3.8) is 0 Å². The van der Waals surface area contributed by atoms with Crippen LogP contribution in [0.2, 0.25) is 0 Å². The molecule has 0 spiro atoms. The van der Waals surface area contributed by atoms with Crippen LogP contribution in [-0.2, 0) is 27.0 Å². The van der Waals surface area contributed by atoms with E-state index in [0.717, 1.165) is 0 Å². The lowest BCUT2D eigenvalue weighted by molar-refractivity contribution is -0.120. The van der Waals surface area contributed by atoms with Crippen LogP contribution < -0.4 is 21.9 Å². The van der Waals surface area contributed by atoms with Crippen LogP contribution in [0.5, 0.6) is 0 Å². The van der Waals surface area contributed by atoms with Crippen molar-refractivity contribution < 1.29 is 18.0 Å². The van der Waals surface area contributed by atoms with E-state index in [-0.39, 0.29) is 12.3 Å². The molecule has 0 saturated carbocycles. The van der Waals surface area contributed by atoms with Crippen LogP contribution >= 0.6 is 0 Å². The molecule has 0 radical (unpaired) electrons. The Bertz CT molecular complexity index is 1340. The molecule has 0 aliphatic rings. The second kappa shape index (κ2) is 10.3. The number of rotatable bonds is 9. The number of carbonyl (C=O) groups excluding carboxylic acids is 2. The Labute approximate surface area is 197 Å². The van der Waals surface area contributed by atoms with E-state index in [2.05, 4.69) is 0 Å². The van der Waals surface area contributed by atoms with E-state index in [1.165, 1.54) is 0 Å². The molecule has 9 nitrogen and oxygen atoms in total. The second-order valence-corrected chi connectivity index (χ2v) is 9.48. The Balaban J connectivity index is 1.66. The van der Waals surface area contributed by atoms with Crippen LogP contribution in [0.15, 0.2) is 72.8 Å². The Kier molecular flexibility index (Phi) is 7.44. The summed E-state index contributed by atoms with van der Waals surface area (Å²) in [4.78, 5) is 24.0. The van der Waals surface area contributed by atoms with E-state index in [0.29, 0.717) is 33.4 Å². The van der Waals surface area contributed by atoms with Gasteiger partial charge in [-0.25, -0.2) is 8.42 Å². The number of nitrogen functional groups attached to an aromatic ring is 1. The van der Waals surface area contributed by atoms with Crippen molar-refractivity contribution >= 4 is 27.7 Å². The summed E-state index contributed by atoms with van der Waals surface area (Å²) in [6.07, 6.45) is 0.0798. The zero-order valence-electron chi connectivity index (χ0n) is 18.2. The van der Waals surface area contributed by atoms with Gasteiger partial charge in [0.15, 0.2) is 0 Å². The van der Waals surface area contributed by atoms with Gasteiger partial charge in [-0.2, -0.15) is 0 Å². The highest BCUT2D eigenvalue weighted by atomic mass is 32.2. The number of amides is 2. The maximum atomic E-state index is 12.5. The highest BCUT2D eigenvalue weighted by molar-refractivity contribution is 7.89. The SMILES string of the molecule is N=C(N)c1cccc(C[C@H](N)C(=O)NS(=O)(=O)Cc2ccc(-c3ccccc3C(N)=O)cc2)c1. The van der Waals surface area contributed by atoms with Crippen molar-refractivity contribution in [3.05, 3.63) is 95.1 Å². The Morgan fingerprint density at radius 2 is 1.59 bits per heavy atom. The summed E-state index contributed by atoms with van der Waals surface area (Å²) in [6.45, 7) is 0. The van der Waals surface area contributed by atoms with E-state index in [1.807, 2.05) is 4.72 Å². The Morgan fingerprint density at radius 1 is 0.912 bits per heavy atom. The standard InChI is InChI=1S/C24H25N5O4S/c25-21(13-16-4-3-5-18(12-16)22(26)27)24(31)29-34(32,33)14-15-8-10-17(11-9-15)19-6-1-2-7-20(19)23(28)30/h1-12,21H,13-14,25H2,(H3,26,27)(H2,28,30)(H,29,31)/t21-/m0/s1. The van der Waals surface area contributed by atoms with Gasteiger partial charge >= 0.3 is 0 Å². The number of amidine groups is 1. The first-order valence-corrected chi connectivity index (χ1v) is 11.9. The molecule has 176 valence electrons. The van der Waals surface area contributed by atoms with Crippen LogP contribution in [-0.4, -0.2) is 32.1 Å². The van der Waals surface area contributed by atoms with Gasteiger partial charge in [0.25, 0.3) is 5.91 Å². The van der Waals surface area contributed by atoms with Gasteiger partial charge < -0.3 is 17.2 Å². The molecule has 0 aliphatic carbocycles. The van der Waals surface area contributed by atoms with Crippen molar-refractivity contribution in [2.45, 2.75) is 18.2 Å². The molecule has 0 aliphatic heterocycles. The number of hydrogen-bond donors (Lipinski definition) is 5. The third-order valence-electron chi connectivity index (χ3n) is 5.10. The molecule has 0 bridgehead atoms. The van der Waals surface area contributed by atoms with Gasteiger partial charge in [-0.05, 0) is 40.8 Å². The summed E-state index contributed by atoms with van der Waals surface area (Å²) in [5.74, 6) is -1.94. The average Bonchev–Trinajstić information content (AvgIpc) is 2.79. The maximum absolute atomic E-state index is 12.5. The first-order chi connectivity index (χ1) is 16.1. The molecule has 0 unspecified atom stereocenters. The number of carbonyl (C=O) groups is 2. The van der Waals surface area contributed by atoms with Crippen molar-refractivity contribution in [1.82, 2.24) is 4.72 Å². The van der Waals surface area contributed by atoms with Gasteiger partial charge in [0, 0.05) is 11.1 Å². The number of benzene rings is 3. The van der Waals surface area contributed by atoms with Gasteiger partial charge in [0.05, 0.1) is 11.8 Å². The molecule has 0 heterocycles. The van der Waals surface area contributed by atoms with Crippen LogP contribution in [0.1, 0.15) is 27.0 Å². The predicted octanol–water partition coefficient (Wildman–Crippen LogP) is 1.25. The molecular weight excluding hydrogens is 454 g/mol. The number of sulfonamides is 1. The summed E-state index contributed by atoms with van der Waals surface area (Å²) >= 11 is 0. The molecule has 0 fully saturated rings. The lowest BCUT2D eigenvalue weighted by atomic mass is 9.98. The van der Waals surface area contributed by atoms with Gasteiger partial charge in [-0.3, -0.25) is 19.7 Å². The molecule has 2 amide bonds. The normalized spacial score (nSPS) is 12.0. The smallest absolute Gasteiger partial charge is 0.250 e. The summed E-state index contributed by atoms with van der Waals surface area (Å²) in [5, 5.41) is 7.48. The summed E-state index contributed by atoms with van der Waals surface area (Å²) in [7, 11) is -4.00. The van der Waals surface area contributed by atoms with Crippen LogP contribution in [0.4, 0.5) is 0 Å². The van der Waals surface area contributed by atoms with Crippen LogP contribution in [0.25, 0.3) is 11.1 Å². The van der Waals surface area contributed by atoms with Crippen molar-refractivity contribution in [1.29, 1.82) is 5.41 Å². The lowest BCUT2D eigenvalue weighted by Crippen LogP contribution is -2.44. The topological polar surface area (TPSA) is 182 Å². The van der Waals surface area contributed by atoms with Crippen molar-refractivity contribution in [3.8, 4) is 11.1 Å². The summed E-state index contributed by atoms with van der Waals surface area (Å²) < 4.78 is 27.0. The minimum Gasteiger partial charge on any atom is -0.384 e. The monoisotopic (exact) mass is 479 g/mol. The number of nitrogens with two attached hydrogens (primary N) is 3. The zero-order chi connectivity index (χ0) is 24.9. The highest BCUT2D eigenvalue weighted by Crippen LogP contribution is 2.24. The predicted molar refractivity (Wildman–Crippen MR) is 130 cm³/mol. The Hall–Kier alpha value is -4.02. The Morgan fingerprint density at radius 3 is 2.24 bits per heavy atom. The van der Waals surface area contributed by atoms with E-state index in [1.54, 1.807) is 72.8 Å². The first kappa shape index (κ1) is 24.6. The molecule has 0 aromatic heterocycles. The molecule has 10 heteroatoms. The van der Waals surface area contributed by atoms with Crippen LogP contribution in [0, 0.1) is 5.41 Å². The lowest BCUT2D eigenvalue weighted by Gasteiger charge is -2.14. The molecule has 0 saturated heterocycles.